The van der Waals surface area contributed by atoms with Gasteiger partial charge in [-0.2, -0.15) is 5.10 Å². The zero-order chi connectivity index (χ0) is 16.5. The lowest BCUT2D eigenvalue weighted by Crippen LogP contribution is -1.95. The number of carbonyl (C=O) groups is 1. The van der Waals surface area contributed by atoms with Gasteiger partial charge in [0.25, 0.3) is 0 Å². The second kappa shape index (κ2) is 5.58. The lowest BCUT2D eigenvalue weighted by Gasteiger charge is -2.08. The van der Waals surface area contributed by atoms with Crippen molar-refractivity contribution in [1.29, 1.82) is 0 Å². The van der Waals surface area contributed by atoms with Crippen LogP contribution in [0.5, 0.6) is 0 Å². The molecule has 2 N–H and O–H groups in total. The molecule has 4 aromatic rings. The second-order valence-electron chi connectivity index (χ2n) is 5.29. The fourth-order valence-electron chi connectivity index (χ4n) is 2.62. The molecule has 0 bridgehead atoms. The van der Waals surface area contributed by atoms with Gasteiger partial charge in [0.15, 0.2) is 0 Å². The molecule has 0 atom stereocenters. The Balaban J connectivity index is 1.97. The topological polar surface area (TPSA) is 91.8 Å². The van der Waals surface area contributed by atoms with E-state index in [1.54, 1.807) is 12.4 Å². The standard InChI is InChI=1S/C18H12N4O2/c23-18(24)17-9-16(21-22-17)13-8-15(11-4-3-7-19-10-11)20-14-6-2-1-5-12(13)14/h1-10H,(H,21,22)(H,23,24). The van der Waals surface area contributed by atoms with Crippen molar-refractivity contribution in [2.75, 3.05) is 0 Å². The van der Waals surface area contributed by atoms with Gasteiger partial charge in [-0.1, -0.05) is 18.2 Å². The summed E-state index contributed by atoms with van der Waals surface area (Å²) in [5.41, 5.74) is 3.90. The highest BCUT2D eigenvalue weighted by atomic mass is 16.4. The van der Waals surface area contributed by atoms with E-state index in [0.29, 0.717) is 5.69 Å². The highest BCUT2D eigenvalue weighted by molar-refractivity contribution is 5.97. The number of carboxylic acid groups (broad SMARTS) is 1. The molecular formula is C18H12N4O2. The van der Waals surface area contributed by atoms with E-state index >= 15 is 0 Å². The number of hydrogen-bond acceptors (Lipinski definition) is 4. The van der Waals surface area contributed by atoms with Crippen LogP contribution >= 0.6 is 0 Å². The van der Waals surface area contributed by atoms with Crippen molar-refractivity contribution in [2.45, 2.75) is 0 Å². The molecule has 3 heterocycles. The SMILES string of the molecule is O=C(O)c1cc(-c2cc(-c3cccnc3)nc3ccccc23)n[nH]1. The van der Waals surface area contributed by atoms with Crippen LogP contribution in [-0.2, 0) is 0 Å². The first kappa shape index (κ1) is 14.1. The van der Waals surface area contributed by atoms with E-state index in [-0.39, 0.29) is 5.69 Å². The van der Waals surface area contributed by atoms with Crippen LogP contribution in [0.1, 0.15) is 10.5 Å². The quantitative estimate of drug-likeness (QED) is 0.604. The molecule has 0 spiro atoms. The predicted octanol–water partition coefficient (Wildman–Crippen LogP) is 3.39. The van der Waals surface area contributed by atoms with E-state index < -0.39 is 5.97 Å². The maximum absolute atomic E-state index is 11.1. The molecule has 0 aliphatic rings. The lowest BCUT2D eigenvalue weighted by atomic mass is 10.0. The van der Waals surface area contributed by atoms with E-state index in [9.17, 15) is 4.79 Å². The number of para-hydroxylation sites is 1. The molecular weight excluding hydrogens is 304 g/mol. The number of fused-ring (bicyclic) bond motifs is 1. The van der Waals surface area contributed by atoms with Crippen molar-refractivity contribution in [1.82, 2.24) is 20.2 Å². The number of rotatable bonds is 3. The van der Waals surface area contributed by atoms with Gasteiger partial charge in [0.05, 0.1) is 16.9 Å². The van der Waals surface area contributed by atoms with Crippen LogP contribution in [0.4, 0.5) is 0 Å². The molecule has 24 heavy (non-hydrogen) atoms. The summed E-state index contributed by atoms with van der Waals surface area (Å²) in [7, 11) is 0. The maximum Gasteiger partial charge on any atom is 0.353 e. The van der Waals surface area contributed by atoms with E-state index in [1.165, 1.54) is 6.07 Å². The van der Waals surface area contributed by atoms with Crippen molar-refractivity contribution in [3.63, 3.8) is 0 Å². The van der Waals surface area contributed by atoms with Crippen molar-refractivity contribution in [3.05, 3.63) is 66.6 Å². The fraction of sp³-hybridized carbons (Fsp3) is 0. The molecule has 0 fully saturated rings. The smallest absolute Gasteiger partial charge is 0.353 e. The van der Waals surface area contributed by atoms with Crippen molar-refractivity contribution in [2.24, 2.45) is 0 Å². The Kier molecular flexibility index (Phi) is 3.28. The van der Waals surface area contributed by atoms with E-state index in [4.69, 9.17) is 5.11 Å². The monoisotopic (exact) mass is 316 g/mol. The number of pyridine rings is 2. The molecule has 0 aliphatic carbocycles. The van der Waals surface area contributed by atoms with Gasteiger partial charge in [0.1, 0.15) is 5.69 Å². The zero-order valence-corrected chi connectivity index (χ0v) is 12.5. The number of aromatic amines is 1. The average Bonchev–Trinajstić information content (AvgIpc) is 3.12. The number of aromatic carboxylic acids is 1. The summed E-state index contributed by atoms with van der Waals surface area (Å²) in [5, 5.41) is 16.7. The van der Waals surface area contributed by atoms with E-state index in [2.05, 4.69) is 20.2 Å². The Morgan fingerprint density at radius 2 is 1.92 bits per heavy atom. The molecule has 6 nitrogen and oxygen atoms in total. The molecule has 116 valence electrons. The molecule has 0 unspecified atom stereocenters. The highest BCUT2D eigenvalue weighted by Crippen LogP contribution is 2.31. The zero-order valence-electron chi connectivity index (χ0n) is 12.5. The number of nitrogens with zero attached hydrogens (tertiary/aromatic N) is 3. The number of H-pyrrole nitrogens is 1. The third kappa shape index (κ3) is 2.40. The highest BCUT2D eigenvalue weighted by Gasteiger charge is 2.14. The first-order valence-electron chi connectivity index (χ1n) is 7.31. The van der Waals surface area contributed by atoms with Crippen LogP contribution in [0.2, 0.25) is 0 Å². The Morgan fingerprint density at radius 3 is 2.67 bits per heavy atom. The molecule has 0 aliphatic heterocycles. The number of carboxylic acids is 1. The van der Waals surface area contributed by atoms with Crippen molar-refractivity contribution < 1.29 is 9.90 Å². The van der Waals surface area contributed by atoms with Crippen LogP contribution in [-0.4, -0.2) is 31.2 Å². The largest absolute Gasteiger partial charge is 0.477 e. The Bertz CT molecular complexity index is 1040. The number of hydrogen-bond donors (Lipinski definition) is 2. The first-order chi connectivity index (χ1) is 11.7. The van der Waals surface area contributed by atoms with Crippen LogP contribution in [0.25, 0.3) is 33.4 Å². The Morgan fingerprint density at radius 1 is 1.04 bits per heavy atom. The van der Waals surface area contributed by atoms with Gasteiger partial charge in [-0.15, -0.1) is 0 Å². The maximum atomic E-state index is 11.1. The molecule has 0 amide bonds. The Hall–Kier alpha value is -3.54. The minimum absolute atomic E-state index is 0.0498. The third-order valence-electron chi connectivity index (χ3n) is 3.76. The van der Waals surface area contributed by atoms with Gasteiger partial charge in [-0.3, -0.25) is 10.1 Å². The summed E-state index contributed by atoms with van der Waals surface area (Å²) in [6.07, 6.45) is 3.45. The molecule has 0 radical (unpaired) electrons. The predicted molar refractivity (Wildman–Crippen MR) is 89.5 cm³/mol. The minimum atomic E-state index is -1.04. The molecule has 4 rings (SSSR count). The second-order valence-corrected chi connectivity index (χ2v) is 5.29. The number of aromatic nitrogens is 4. The summed E-state index contributed by atoms with van der Waals surface area (Å²) in [6, 6.07) is 14.9. The van der Waals surface area contributed by atoms with Gasteiger partial charge in [-0.25, -0.2) is 9.78 Å². The average molecular weight is 316 g/mol. The van der Waals surface area contributed by atoms with Gasteiger partial charge in [0, 0.05) is 28.9 Å². The molecule has 3 aromatic heterocycles. The van der Waals surface area contributed by atoms with Crippen molar-refractivity contribution in [3.8, 4) is 22.5 Å². The summed E-state index contributed by atoms with van der Waals surface area (Å²) < 4.78 is 0. The first-order valence-corrected chi connectivity index (χ1v) is 7.31. The summed E-state index contributed by atoms with van der Waals surface area (Å²) in [5.74, 6) is -1.04. The molecule has 0 saturated heterocycles. The van der Waals surface area contributed by atoms with Gasteiger partial charge in [0.2, 0.25) is 0 Å². The van der Waals surface area contributed by atoms with Gasteiger partial charge < -0.3 is 5.11 Å². The van der Waals surface area contributed by atoms with Gasteiger partial charge in [-0.05, 0) is 30.3 Å². The summed E-state index contributed by atoms with van der Waals surface area (Å²) in [4.78, 5) is 19.9. The minimum Gasteiger partial charge on any atom is -0.477 e. The van der Waals surface area contributed by atoms with E-state index in [1.807, 2.05) is 42.5 Å². The van der Waals surface area contributed by atoms with Crippen LogP contribution in [0.15, 0.2) is 60.9 Å². The van der Waals surface area contributed by atoms with Crippen LogP contribution in [0, 0.1) is 0 Å². The van der Waals surface area contributed by atoms with Gasteiger partial charge >= 0.3 is 5.97 Å². The molecule has 1 aromatic carbocycles. The van der Waals surface area contributed by atoms with Crippen LogP contribution in [0.3, 0.4) is 0 Å². The lowest BCUT2D eigenvalue weighted by molar-refractivity contribution is 0.0690. The van der Waals surface area contributed by atoms with E-state index in [0.717, 1.165) is 27.7 Å². The Labute approximate surface area is 136 Å². The normalized spacial score (nSPS) is 10.8. The number of nitrogens with one attached hydrogen (secondary N) is 1. The van der Waals surface area contributed by atoms with Crippen molar-refractivity contribution >= 4 is 16.9 Å². The third-order valence-corrected chi connectivity index (χ3v) is 3.76. The molecule has 0 saturated carbocycles. The molecule has 6 heteroatoms. The van der Waals surface area contributed by atoms with Crippen LogP contribution < -0.4 is 0 Å². The summed E-state index contributed by atoms with van der Waals surface area (Å²) >= 11 is 0. The summed E-state index contributed by atoms with van der Waals surface area (Å²) in [6.45, 7) is 0. The number of benzene rings is 1. The fourth-order valence-corrected chi connectivity index (χ4v) is 2.62.